The summed E-state index contributed by atoms with van der Waals surface area (Å²) in [5, 5.41) is 12.9. The lowest BCUT2D eigenvalue weighted by molar-refractivity contribution is 0.179. The minimum absolute atomic E-state index is 0. The van der Waals surface area contributed by atoms with Gasteiger partial charge >= 0.3 is 0 Å². The highest BCUT2D eigenvalue weighted by Gasteiger charge is 2.23. The summed E-state index contributed by atoms with van der Waals surface area (Å²) in [7, 11) is 0. The quantitative estimate of drug-likeness (QED) is 0.880. The van der Waals surface area contributed by atoms with Crippen LogP contribution in [-0.2, 0) is 0 Å². The molecule has 0 radical (unpaired) electrons. The highest BCUT2D eigenvalue weighted by atomic mass is 35.5. The number of nitrogens with zero attached hydrogens (tertiary/aromatic N) is 1. The fraction of sp³-hybridized carbons (Fsp3) is 0.500. The second-order valence-corrected chi connectivity index (χ2v) is 4.28. The molecule has 0 saturated carbocycles. The molecule has 0 bridgehead atoms. The molecule has 2 N–H and O–H groups in total. The van der Waals surface area contributed by atoms with Crippen LogP contribution in [0.5, 0.6) is 5.75 Å². The van der Waals surface area contributed by atoms with E-state index in [0.717, 1.165) is 38.3 Å². The predicted octanol–water partition coefficient (Wildman–Crippen LogP) is 2.48. The van der Waals surface area contributed by atoms with E-state index in [9.17, 15) is 13.9 Å². The van der Waals surface area contributed by atoms with Gasteiger partial charge in [0.2, 0.25) is 0 Å². The third-order valence-electron chi connectivity index (χ3n) is 3.19. The largest absolute Gasteiger partial charge is 0.507 e. The van der Waals surface area contributed by atoms with Crippen LogP contribution >= 0.6 is 24.8 Å². The van der Waals surface area contributed by atoms with Gasteiger partial charge in [-0.3, -0.25) is 4.90 Å². The molecule has 1 atom stereocenters. The van der Waals surface area contributed by atoms with Crippen molar-refractivity contribution in [2.45, 2.75) is 13.0 Å². The van der Waals surface area contributed by atoms with Crippen LogP contribution in [0.4, 0.5) is 8.78 Å². The lowest BCUT2D eigenvalue weighted by Gasteiger charge is -2.33. The second-order valence-electron chi connectivity index (χ2n) is 4.28. The maximum Gasteiger partial charge on any atom is 0.134 e. The van der Waals surface area contributed by atoms with Crippen LogP contribution in [0.1, 0.15) is 18.5 Å². The third-order valence-corrected chi connectivity index (χ3v) is 3.19. The monoisotopic (exact) mass is 314 g/mol. The summed E-state index contributed by atoms with van der Waals surface area (Å²) in [5.41, 5.74) is 0.174. The van der Waals surface area contributed by atoms with Crippen LogP contribution in [0, 0.1) is 11.6 Å². The Bertz CT molecular complexity index is 392. The van der Waals surface area contributed by atoms with Crippen molar-refractivity contribution in [2.24, 2.45) is 0 Å². The van der Waals surface area contributed by atoms with Crippen molar-refractivity contribution in [3.63, 3.8) is 0 Å². The first kappa shape index (κ1) is 18.4. The summed E-state index contributed by atoms with van der Waals surface area (Å²) in [6, 6.07) is 1.52. The molecule has 1 aliphatic rings. The summed E-state index contributed by atoms with van der Waals surface area (Å²) in [6.45, 7) is 5.08. The zero-order valence-electron chi connectivity index (χ0n) is 10.5. The third kappa shape index (κ3) is 4.18. The van der Waals surface area contributed by atoms with Gasteiger partial charge in [0.1, 0.15) is 17.4 Å². The number of hydrogen-bond acceptors (Lipinski definition) is 3. The van der Waals surface area contributed by atoms with Crippen molar-refractivity contribution in [1.29, 1.82) is 0 Å². The molecule has 0 aromatic heterocycles. The highest BCUT2D eigenvalue weighted by molar-refractivity contribution is 5.85. The Hall–Kier alpha value is -0.620. The van der Waals surface area contributed by atoms with E-state index in [-0.39, 0.29) is 42.2 Å². The Morgan fingerprint density at radius 3 is 2.32 bits per heavy atom. The van der Waals surface area contributed by atoms with Crippen LogP contribution in [0.2, 0.25) is 0 Å². The lowest BCUT2D eigenvalue weighted by atomic mass is 10.0. The number of benzene rings is 1. The molecule has 0 aliphatic carbocycles. The SMILES string of the molecule is C[C@@H](c1c(O)cc(F)cc1F)N1CCNCC1.Cl.Cl. The smallest absolute Gasteiger partial charge is 0.134 e. The normalized spacial score (nSPS) is 17.2. The molecule has 1 aromatic rings. The summed E-state index contributed by atoms with van der Waals surface area (Å²) >= 11 is 0. The molecular weight excluding hydrogens is 297 g/mol. The van der Waals surface area contributed by atoms with Gasteiger partial charge in [-0.15, -0.1) is 24.8 Å². The summed E-state index contributed by atoms with van der Waals surface area (Å²) in [6.07, 6.45) is 0. The van der Waals surface area contributed by atoms with Crippen molar-refractivity contribution < 1.29 is 13.9 Å². The average molecular weight is 315 g/mol. The summed E-state index contributed by atoms with van der Waals surface area (Å²) < 4.78 is 26.6. The molecule has 110 valence electrons. The molecule has 1 saturated heterocycles. The minimum atomic E-state index is -0.753. The number of piperazine rings is 1. The van der Waals surface area contributed by atoms with Crippen LogP contribution < -0.4 is 5.32 Å². The number of rotatable bonds is 2. The maximum atomic E-state index is 13.7. The standard InChI is InChI=1S/C12H16F2N2O.2ClH/c1-8(16-4-2-15-3-5-16)12-10(14)6-9(13)7-11(12)17;;/h6-8,15,17H,2-5H2,1H3;2*1H/t8-;;/m0../s1. The van der Waals surface area contributed by atoms with E-state index < -0.39 is 11.6 Å². The molecule has 19 heavy (non-hydrogen) atoms. The topological polar surface area (TPSA) is 35.5 Å². The van der Waals surface area contributed by atoms with Crippen LogP contribution in [-0.4, -0.2) is 36.2 Å². The molecule has 1 aromatic carbocycles. The molecule has 7 heteroatoms. The molecule has 0 unspecified atom stereocenters. The van der Waals surface area contributed by atoms with Crippen LogP contribution in [0.25, 0.3) is 0 Å². The van der Waals surface area contributed by atoms with Crippen molar-refractivity contribution in [1.82, 2.24) is 10.2 Å². The van der Waals surface area contributed by atoms with Gasteiger partial charge in [0, 0.05) is 49.9 Å². The Morgan fingerprint density at radius 1 is 1.21 bits per heavy atom. The highest BCUT2D eigenvalue weighted by Crippen LogP contribution is 2.31. The Morgan fingerprint density at radius 2 is 1.79 bits per heavy atom. The van der Waals surface area contributed by atoms with Gasteiger partial charge in [-0.1, -0.05) is 0 Å². The Kier molecular flexibility index (Phi) is 7.59. The Balaban J connectivity index is 0.00000162. The van der Waals surface area contributed by atoms with Gasteiger partial charge in [0.25, 0.3) is 0 Å². The molecule has 1 fully saturated rings. The number of phenolic OH excluding ortho intramolecular Hbond substituents is 1. The first-order valence-electron chi connectivity index (χ1n) is 5.72. The molecule has 0 amide bonds. The molecular formula is C12H18Cl2F2N2O. The number of hydrogen-bond donors (Lipinski definition) is 2. The van der Waals surface area contributed by atoms with Gasteiger partial charge in [0.15, 0.2) is 0 Å². The molecule has 1 aliphatic heterocycles. The molecule has 1 heterocycles. The molecule has 0 spiro atoms. The van der Waals surface area contributed by atoms with Crippen molar-refractivity contribution in [3.8, 4) is 5.75 Å². The molecule has 2 rings (SSSR count). The van der Waals surface area contributed by atoms with E-state index in [0.29, 0.717) is 0 Å². The maximum absolute atomic E-state index is 13.7. The zero-order valence-corrected chi connectivity index (χ0v) is 12.2. The number of halogens is 4. The molecule has 3 nitrogen and oxygen atoms in total. The van der Waals surface area contributed by atoms with Crippen molar-refractivity contribution >= 4 is 24.8 Å². The van der Waals surface area contributed by atoms with Crippen LogP contribution in [0.15, 0.2) is 12.1 Å². The van der Waals surface area contributed by atoms with Gasteiger partial charge in [0.05, 0.1) is 0 Å². The first-order chi connectivity index (χ1) is 8.09. The van der Waals surface area contributed by atoms with Crippen LogP contribution in [0.3, 0.4) is 0 Å². The number of aromatic hydroxyl groups is 1. The van der Waals surface area contributed by atoms with Gasteiger partial charge in [-0.05, 0) is 6.92 Å². The van der Waals surface area contributed by atoms with Gasteiger partial charge in [-0.25, -0.2) is 8.78 Å². The lowest BCUT2D eigenvalue weighted by Crippen LogP contribution is -2.44. The summed E-state index contributed by atoms with van der Waals surface area (Å²) in [4.78, 5) is 2.06. The van der Waals surface area contributed by atoms with E-state index in [1.165, 1.54) is 0 Å². The number of nitrogens with one attached hydrogen (secondary N) is 1. The second kappa shape index (κ2) is 7.85. The van der Waals surface area contributed by atoms with Gasteiger partial charge in [-0.2, -0.15) is 0 Å². The van der Waals surface area contributed by atoms with E-state index >= 15 is 0 Å². The van der Waals surface area contributed by atoms with E-state index in [1.807, 2.05) is 6.92 Å². The fourth-order valence-corrected chi connectivity index (χ4v) is 2.24. The number of phenols is 1. The average Bonchev–Trinajstić information content (AvgIpc) is 2.28. The summed E-state index contributed by atoms with van der Waals surface area (Å²) in [5.74, 6) is -1.75. The first-order valence-corrected chi connectivity index (χ1v) is 5.72. The Labute approximate surface area is 123 Å². The zero-order chi connectivity index (χ0) is 12.4. The van der Waals surface area contributed by atoms with E-state index in [4.69, 9.17) is 0 Å². The van der Waals surface area contributed by atoms with E-state index in [1.54, 1.807) is 0 Å². The minimum Gasteiger partial charge on any atom is -0.507 e. The van der Waals surface area contributed by atoms with Crippen molar-refractivity contribution in [2.75, 3.05) is 26.2 Å². The predicted molar refractivity (Wildman–Crippen MR) is 75.4 cm³/mol. The van der Waals surface area contributed by atoms with Gasteiger partial charge < -0.3 is 10.4 Å². The fourth-order valence-electron chi connectivity index (χ4n) is 2.24. The van der Waals surface area contributed by atoms with Crippen molar-refractivity contribution in [3.05, 3.63) is 29.3 Å². The van der Waals surface area contributed by atoms with E-state index in [2.05, 4.69) is 10.2 Å².